The van der Waals surface area contributed by atoms with Gasteiger partial charge in [-0.25, -0.2) is 8.42 Å². The fourth-order valence-electron chi connectivity index (χ4n) is 3.29. The molecule has 1 aliphatic carbocycles. The second kappa shape index (κ2) is 7.24. The fourth-order valence-corrected chi connectivity index (χ4v) is 4.99. The van der Waals surface area contributed by atoms with Gasteiger partial charge in [-0.2, -0.15) is 4.31 Å². The molecule has 142 valence electrons. The average Bonchev–Trinajstić information content (AvgIpc) is 3.11. The van der Waals surface area contributed by atoms with E-state index < -0.39 is 27.8 Å². The van der Waals surface area contributed by atoms with Gasteiger partial charge in [0.1, 0.15) is 10.6 Å². The summed E-state index contributed by atoms with van der Waals surface area (Å²) in [6.07, 6.45) is 2.40. The molecule has 1 saturated heterocycles. The van der Waals surface area contributed by atoms with Crippen molar-refractivity contribution in [1.29, 1.82) is 0 Å². The monoisotopic (exact) mass is 382 g/mol. The summed E-state index contributed by atoms with van der Waals surface area (Å²) in [5.74, 6) is -1.51. The molecule has 1 heterocycles. The van der Waals surface area contributed by atoms with E-state index in [4.69, 9.17) is 9.84 Å². The van der Waals surface area contributed by atoms with E-state index in [0.717, 1.165) is 12.8 Å². The lowest BCUT2D eigenvalue weighted by Crippen LogP contribution is -2.46. The summed E-state index contributed by atoms with van der Waals surface area (Å²) in [4.78, 5) is 23.2. The number of amides is 1. The number of aliphatic carboxylic acids is 1. The molecule has 8 nitrogen and oxygen atoms in total. The lowest BCUT2D eigenvalue weighted by atomic mass is 9.80. The molecule has 0 atom stereocenters. The predicted octanol–water partition coefficient (Wildman–Crippen LogP) is 1.07. The van der Waals surface area contributed by atoms with Crippen molar-refractivity contribution in [1.82, 2.24) is 9.62 Å². The van der Waals surface area contributed by atoms with Crippen molar-refractivity contribution in [3.63, 3.8) is 0 Å². The number of nitrogens with zero attached hydrogens (tertiary/aromatic N) is 1. The molecule has 1 amide bonds. The summed E-state index contributed by atoms with van der Waals surface area (Å²) < 4.78 is 32.3. The molecule has 1 aromatic rings. The van der Waals surface area contributed by atoms with E-state index in [1.54, 1.807) is 0 Å². The van der Waals surface area contributed by atoms with Crippen molar-refractivity contribution in [2.75, 3.05) is 20.2 Å². The van der Waals surface area contributed by atoms with Gasteiger partial charge in [-0.1, -0.05) is 0 Å². The molecule has 0 aromatic heterocycles. The maximum atomic E-state index is 12.8. The number of carbonyl (C=O) groups excluding carboxylic acids is 1. The highest BCUT2D eigenvalue weighted by molar-refractivity contribution is 7.89. The second-order valence-corrected chi connectivity index (χ2v) is 8.56. The van der Waals surface area contributed by atoms with Gasteiger partial charge in [-0.15, -0.1) is 0 Å². The van der Waals surface area contributed by atoms with Crippen LogP contribution < -0.4 is 10.1 Å². The molecule has 2 aliphatic rings. The second-order valence-electron chi connectivity index (χ2n) is 6.65. The van der Waals surface area contributed by atoms with E-state index in [1.165, 1.54) is 29.6 Å². The Morgan fingerprint density at radius 1 is 1.23 bits per heavy atom. The lowest BCUT2D eigenvalue weighted by molar-refractivity contribution is -0.145. The first-order valence-electron chi connectivity index (χ1n) is 8.55. The Morgan fingerprint density at radius 3 is 2.46 bits per heavy atom. The molecular weight excluding hydrogens is 360 g/mol. The smallest absolute Gasteiger partial charge is 0.306 e. The molecule has 3 rings (SSSR count). The van der Waals surface area contributed by atoms with E-state index in [2.05, 4.69) is 5.32 Å². The molecule has 9 heteroatoms. The zero-order valence-corrected chi connectivity index (χ0v) is 15.3. The molecule has 2 fully saturated rings. The molecule has 0 bridgehead atoms. The third-order valence-electron chi connectivity index (χ3n) is 4.93. The number of carbonyl (C=O) groups is 2. The number of hydrogen-bond acceptors (Lipinski definition) is 5. The average molecular weight is 382 g/mol. The van der Waals surface area contributed by atoms with Crippen LogP contribution in [0.2, 0.25) is 0 Å². The molecule has 0 spiro atoms. The van der Waals surface area contributed by atoms with Crippen LogP contribution in [0.25, 0.3) is 0 Å². The van der Waals surface area contributed by atoms with E-state index in [9.17, 15) is 18.0 Å². The van der Waals surface area contributed by atoms with Gasteiger partial charge < -0.3 is 15.2 Å². The van der Waals surface area contributed by atoms with Crippen LogP contribution in [0, 0.1) is 5.92 Å². The predicted molar refractivity (Wildman–Crippen MR) is 92.6 cm³/mol. The van der Waals surface area contributed by atoms with Crippen LogP contribution in [0.3, 0.4) is 0 Å². The number of carboxylic acid groups (broad SMARTS) is 1. The van der Waals surface area contributed by atoms with Crippen LogP contribution in [0.1, 0.15) is 36.0 Å². The highest BCUT2D eigenvalue weighted by Gasteiger charge is 2.36. The highest BCUT2D eigenvalue weighted by Crippen LogP contribution is 2.31. The number of carboxylic acids is 1. The minimum absolute atomic E-state index is 0.0217. The van der Waals surface area contributed by atoms with Crippen LogP contribution in [-0.2, 0) is 14.8 Å². The Balaban J connectivity index is 1.79. The first kappa shape index (κ1) is 18.7. The minimum Gasteiger partial charge on any atom is -0.495 e. The first-order valence-corrected chi connectivity index (χ1v) is 9.99. The largest absolute Gasteiger partial charge is 0.495 e. The molecule has 0 radical (unpaired) electrons. The number of benzene rings is 1. The Morgan fingerprint density at radius 2 is 1.88 bits per heavy atom. The van der Waals surface area contributed by atoms with Crippen LogP contribution in [-0.4, -0.2) is 55.9 Å². The maximum Gasteiger partial charge on any atom is 0.306 e. The lowest BCUT2D eigenvalue weighted by Gasteiger charge is -2.32. The summed E-state index contributed by atoms with van der Waals surface area (Å²) in [6.45, 7) is 0.918. The number of sulfonamides is 1. The molecule has 0 unspecified atom stereocenters. The van der Waals surface area contributed by atoms with Crippen molar-refractivity contribution in [3.8, 4) is 5.75 Å². The van der Waals surface area contributed by atoms with Gasteiger partial charge in [0.2, 0.25) is 10.0 Å². The normalized spacial score (nSPS) is 23.3. The van der Waals surface area contributed by atoms with Crippen molar-refractivity contribution < 1.29 is 27.9 Å². The third kappa shape index (κ3) is 3.54. The van der Waals surface area contributed by atoms with Crippen LogP contribution in [0.5, 0.6) is 5.75 Å². The number of hydrogen-bond donors (Lipinski definition) is 2. The highest BCUT2D eigenvalue weighted by atomic mass is 32.2. The van der Waals surface area contributed by atoms with Crippen molar-refractivity contribution >= 4 is 21.9 Å². The van der Waals surface area contributed by atoms with Gasteiger partial charge in [0, 0.05) is 24.7 Å². The Kier molecular flexibility index (Phi) is 5.19. The van der Waals surface area contributed by atoms with E-state index in [1.807, 2.05) is 0 Å². The van der Waals surface area contributed by atoms with E-state index >= 15 is 0 Å². The van der Waals surface area contributed by atoms with Crippen molar-refractivity contribution in [3.05, 3.63) is 23.8 Å². The molecular formula is C17H22N2O6S. The van der Waals surface area contributed by atoms with Gasteiger partial charge in [-0.05, 0) is 43.9 Å². The molecule has 26 heavy (non-hydrogen) atoms. The first-order chi connectivity index (χ1) is 12.3. The third-order valence-corrected chi connectivity index (χ3v) is 6.85. The van der Waals surface area contributed by atoms with Gasteiger partial charge in [0.25, 0.3) is 5.91 Å². The van der Waals surface area contributed by atoms with Crippen LogP contribution in [0.4, 0.5) is 0 Å². The summed E-state index contributed by atoms with van der Waals surface area (Å²) in [5.41, 5.74) is 0.211. The zero-order valence-electron chi connectivity index (χ0n) is 14.5. The molecule has 1 saturated carbocycles. The number of methoxy groups -OCH3 is 1. The van der Waals surface area contributed by atoms with Gasteiger partial charge in [0.15, 0.2) is 0 Å². The Bertz CT molecular complexity index is 811. The van der Waals surface area contributed by atoms with Crippen LogP contribution in [0.15, 0.2) is 23.1 Å². The fraction of sp³-hybridized carbons (Fsp3) is 0.529. The standard InChI is InChI=1S/C17H22N2O6S/c1-25-14-5-4-11(16(20)18-13-8-12(9-13)17(21)22)10-15(14)26(23,24)19-6-2-3-7-19/h4-5,10,12-13H,2-3,6-9H2,1H3,(H,18,20)(H,21,22). The molecule has 2 N–H and O–H groups in total. The Labute approximate surface area is 152 Å². The minimum atomic E-state index is -3.73. The zero-order chi connectivity index (χ0) is 18.9. The Hall–Kier alpha value is -2.13. The quantitative estimate of drug-likeness (QED) is 0.761. The van der Waals surface area contributed by atoms with Crippen molar-refractivity contribution in [2.24, 2.45) is 5.92 Å². The molecule has 1 aromatic carbocycles. The van der Waals surface area contributed by atoms with Crippen molar-refractivity contribution in [2.45, 2.75) is 36.6 Å². The number of ether oxygens (including phenoxy) is 1. The van der Waals surface area contributed by atoms with E-state index in [-0.39, 0.29) is 22.3 Å². The van der Waals surface area contributed by atoms with E-state index in [0.29, 0.717) is 25.9 Å². The van der Waals surface area contributed by atoms with Gasteiger partial charge in [-0.3, -0.25) is 9.59 Å². The molecule has 1 aliphatic heterocycles. The SMILES string of the molecule is COc1ccc(C(=O)NC2CC(C(=O)O)C2)cc1S(=O)(=O)N1CCCC1. The summed E-state index contributed by atoms with van der Waals surface area (Å²) in [5, 5.41) is 11.6. The number of nitrogens with one attached hydrogen (secondary N) is 1. The van der Waals surface area contributed by atoms with Gasteiger partial charge in [0.05, 0.1) is 13.0 Å². The van der Waals surface area contributed by atoms with Gasteiger partial charge >= 0.3 is 5.97 Å². The maximum absolute atomic E-state index is 12.8. The number of rotatable bonds is 6. The topological polar surface area (TPSA) is 113 Å². The van der Waals surface area contributed by atoms with Crippen LogP contribution >= 0.6 is 0 Å². The summed E-state index contributed by atoms with van der Waals surface area (Å²) in [6, 6.07) is 4.10. The summed E-state index contributed by atoms with van der Waals surface area (Å²) >= 11 is 0. The summed E-state index contributed by atoms with van der Waals surface area (Å²) in [7, 11) is -2.34.